The summed E-state index contributed by atoms with van der Waals surface area (Å²) in [5.74, 6) is 1.60. The number of hydrogen-bond donors (Lipinski definition) is 2. The quantitative estimate of drug-likeness (QED) is 0.861. The van der Waals surface area contributed by atoms with E-state index in [1.807, 2.05) is 49.4 Å². The van der Waals surface area contributed by atoms with Crippen LogP contribution in [0.15, 0.2) is 42.5 Å². The van der Waals surface area contributed by atoms with Crippen LogP contribution in [0.3, 0.4) is 0 Å². The van der Waals surface area contributed by atoms with Crippen LogP contribution in [0.4, 0.5) is 4.79 Å². The molecule has 5 nitrogen and oxygen atoms in total. The number of carbonyl (C=O) groups excluding carboxylic acids is 1. The van der Waals surface area contributed by atoms with Crippen molar-refractivity contribution in [3.8, 4) is 11.5 Å². The molecule has 2 aromatic carbocycles. The van der Waals surface area contributed by atoms with Gasteiger partial charge in [-0.2, -0.15) is 0 Å². The van der Waals surface area contributed by atoms with Crippen LogP contribution < -0.4 is 20.1 Å². The molecule has 0 saturated heterocycles. The zero-order valence-electron chi connectivity index (χ0n) is 13.7. The zero-order valence-corrected chi connectivity index (χ0v) is 13.7. The van der Waals surface area contributed by atoms with E-state index in [0.29, 0.717) is 13.1 Å². The number of benzene rings is 2. The molecule has 0 radical (unpaired) electrons. The lowest BCUT2D eigenvalue weighted by molar-refractivity contribution is 0.240. The molecular formula is C18H22N2O3. The maximum absolute atomic E-state index is 11.9. The molecule has 0 saturated carbocycles. The van der Waals surface area contributed by atoms with Crippen molar-refractivity contribution in [1.82, 2.24) is 10.6 Å². The lowest BCUT2D eigenvalue weighted by atomic mass is 10.1. The molecule has 0 aliphatic rings. The first kappa shape index (κ1) is 16.7. The zero-order chi connectivity index (χ0) is 16.7. The third-order valence-electron chi connectivity index (χ3n) is 3.54. The molecule has 2 N–H and O–H groups in total. The maximum Gasteiger partial charge on any atom is 0.315 e. The van der Waals surface area contributed by atoms with Gasteiger partial charge in [-0.15, -0.1) is 0 Å². The van der Waals surface area contributed by atoms with Gasteiger partial charge < -0.3 is 20.1 Å². The Bertz CT molecular complexity index is 671. The van der Waals surface area contributed by atoms with Crippen LogP contribution >= 0.6 is 0 Å². The van der Waals surface area contributed by atoms with Crippen LogP contribution in [0, 0.1) is 6.92 Å². The average Bonchev–Trinajstić information content (AvgIpc) is 2.58. The van der Waals surface area contributed by atoms with E-state index in [1.54, 1.807) is 14.2 Å². The van der Waals surface area contributed by atoms with E-state index in [-0.39, 0.29) is 6.03 Å². The first-order chi connectivity index (χ1) is 11.1. The number of nitrogens with one attached hydrogen (secondary N) is 2. The third-order valence-corrected chi connectivity index (χ3v) is 3.54. The van der Waals surface area contributed by atoms with Crippen molar-refractivity contribution in [2.24, 2.45) is 0 Å². The van der Waals surface area contributed by atoms with Gasteiger partial charge in [0, 0.05) is 18.7 Å². The molecule has 2 aromatic rings. The molecule has 5 heteroatoms. The van der Waals surface area contributed by atoms with Crippen LogP contribution in [0.2, 0.25) is 0 Å². The van der Waals surface area contributed by atoms with E-state index in [0.717, 1.165) is 28.2 Å². The summed E-state index contributed by atoms with van der Waals surface area (Å²) in [7, 11) is 3.26. The number of carbonyl (C=O) groups is 1. The van der Waals surface area contributed by atoms with Gasteiger partial charge in [-0.05, 0) is 30.2 Å². The summed E-state index contributed by atoms with van der Waals surface area (Å²) in [6.07, 6.45) is 0. The van der Waals surface area contributed by atoms with Crippen LogP contribution in [0.1, 0.15) is 16.7 Å². The minimum atomic E-state index is -0.218. The third kappa shape index (κ3) is 4.64. The van der Waals surface area contributed by atoms with E-state index < -0.39 is 0 Å². The van der Waals surface area contributed by atoms with Crippen LogP contribution in [-0.4, -0.2) is 20.3 Å². The highest BCUT2D eigenvalue weighted by atomic mass is 16.5. The van der Waals surface area contributed by atoms with Gasteiger partial charge in [0.25, 0.3) is 0 Å². The van der Waals surface area contributed by atoms with Gasteiger partial charge >= 0.3 is 6.03 Å². The summed E-state index contributed by atoms with van der Waals surface area (Å²) >= 11 is 0. The fourth-order valence-electron chi connectivity index (χ4n) is 2.32. The van der Waals surface area contributed by atoms with Crippen molar-refractivity contribution >= 4 is 6.03 Å². The highest BCUT2D eigenvalue weighted by Crippen LogP contribution is 2.18. The average molecular weight is 314 g/mol. The summed E-state index contributed by atoms with van der Waals surface area (Å²) < 4.78 is 10.5. The molecule has 0 fully saturated rings. The van der Waals surface area contributed by atoms with Crippen molar-refractivity contribution in [2.75, 3.05) is 14.2 Å². The number of hydrogen-bond acceptors (Lipinski definition) is 3. The minimum Gasteiger partial charge on any atom is -0.496 e. The number of amides is 2. The monoisotopic (exact) mass is 314 g/mol. The fraction of sp³-hybridized carbons (Fsp3) is 0.278. The van der Waals surface area contributed by atoms with Gasteiger partial charge in [-0.25, -0.2) is 4.79 Å². The summed E-state index contributed by atoms with van der Waals surface area (Å²) in [6.45, 7) is 2.85. The molecule has 2 amide bonds. The van der Waals surface area contributed by atoms with Crippen LogP contribution in [0.25, 0.3) is 0 Å². The Morgan fingerprint density at radius 3 is 2.35 bits per heavy atom. The van der Waals surface area contributed by atoms with Gasteiger partial charge in [-0.1, -0.05) is 30.3 Å². The number of rotatable bonds is 6. The van der Waals surface area contributed by atoms with Gasteiger partial charge in [-0.3, -0.25) is 0 Å². The van der Waals surface area contributed by atoms with Crippen LogP contribution in [-0.2, 0) is 13.1 Å². The normalized spacial score (nSPS) is 10.0. The molecule has 23 heavy (non-hydrogen) atoms. The van der Waals surface area contributed by atoms with Crippen molar-refractivity contribution in [3.05, 3.63) is 59.2 Å². The topological polar surface area (TPSA) is 59.6 Å². The van der Waals surface area contributed by atoms with Crippen LogP contribution in [0.5, 0.6) is 11.5 Å². The predicted octanol–water partition coefficient (Wildman–Crippen LogP) is 3.01. The van der Waals surface area contributed by atoms with E-state index in [4.69, 9.17) is 9.47 Å². The molecule has 0 aromatic heterocycles. The van der Waals surface area contributed by atoms with E-state index in [2.05, 4.69) is 10.6 Å². The van der Waals surface area contributed by atoms with Crippen molar-refractivity contribution in [2.45, 2.75) is 20.0 Å². The second-order valence-electron chi connectivity index (χ2n) is 5.15. The Morgan fingerprint density at radius 1 is 0.957 bits per heavy atom. The summed E-state index contributed by atoms with van der Waals surface area (Å²) in [6, 6.07) is 13.2. The van der Waals surface area contributed by atoms with E-state index in [1.165, 1.54) is 0 Å². The van der Waals surface area contributed by atoms with Crippen molar-refractivity contribution in [3.63, 3.8) is 0 Å². The molecule has 0 bridgehead atoms. The molecule has 0 heterocycles. The largest absolute Gasteiger partial charge is 0.496 e. The molecule has 0 unspecified atom stereocenters. The van der Waals surface area contributed by atoms with E-state index in [9.17, 15) is 4.79 Å². The summed E-state index contributed by atoms with van der Waals surface area (Å²) in [5.41, 5.74) is 3.00. The number of aryl methyl sites for hydroxylation is 1. The first-order valence-electron chi connectivity index (χ1n) is 7.41. The predicted molar refractivity (Wildman–Crippen MR) is 89.8 cm³/mol. The number of para-hydroxylation sites is 1. The first-order valence-corrected chi connectivity index (χ1v) is 7.41. The number of urea groups is 1. The maximum atomic E-state index is 11.9. The highest BCUT2D eigenvalue weighted by molar-refractivity contribution is 5.73. The fourth-order valence-corrected chi connectivity index (χ4v) is 2.32. The molecule has 0 atom stereocenters. The Balaban J connectivity index is 1.84. The van der Waals surface area contributed by atoms with Gasteiger partial charge in [0.2, 0.25) is 0 Å². The Kier molecular flexibility index (Phi) is 5.86. The lowest BCUT2D eigenvalue weighted by Crippen LogP contribution is -2.34. The summed E-state index contributed by atoms with van der Waals surface area (Å²) in [4.78, 5) is 11.9. The second kappa shape index (κ2) is 8.08. The Hall–Kier alpha value is -2.69. The standard InChI is InChI=1S/C18H22N2O3/c1-13-10-14(8-9-16(13)22-2)11-19-18(21)20-12-15-6-4-5-7-17(15)23-3/h4-10H,11-12H2,1-3H3,(H2,19,20,21). The Morgan fingerprint density at radius 2 is 1.65 bits per heavy atom. The second-order valence-corrected chi connectivity index (χ2v) is 5.15. The SMILES string of the molecule is COc1ccc(CNC(=O)NCc2ccccc2OC)cc1C. The van der Waals surface area contributed by atoms with Gasteiger partial charge in [0.05, 0.1) is 14.2 Å². The number of methoxy groups -OCH3 is 2. The molecule has 0 aliphatic carbocycles. The van der Waals surface area contributed by atoms with Crippen molar-refractivity contribution in [1.29, 1.82) is 0 Å². The summed E-state index contributed by atoms with van der Waals surface area (Å²) in [5, 5.41) is 5.67. The molecule has 0 spiro atoms. The molecule has 0 aliphatic heterocycles. The lowest BCUT2D eigenvalue weighted by Gasteiger charge is -2.11. The van der Waals surface area contributed by atoms with Gasteiger partial charge in [0.1, 0.15) is 11.5 Å². The smallest absolute Gasteiger partial charge is 0.315 e. The minimum absolute atomic E-state index is 0.218. The molecule has 122 valence electrons. The number of ether oxygens (including phenoxy) is 2. The van der Waals surface area contributed by atoms with Gasteiger partial charge in [0.15, 0.2) is 0 Å². The molecule has 2 rings (SSSR count). The highest BCUT2D eigenvalue weighted by Gasteiger charge is 2.05. The van der Waals surface area contributed by atoms with Crippen molar-refractivity contribution < 1.29 is 14.3 Å². The molecular weight excluding hydrogens is 292 g/mol. The van der Waals surface area contributed by atoms with E-state index >= 15 is 0 Å². The Labute approximate surface area is 136 Å².